The largest absolute Gasteiger partial charge is 0.324 e. The minimum Gasteiger partial charge on any atom is -0.324 e. The first-order chi connectivity index (χ1) is 12.5. The van der Waals surface area contributed by atoms with Gasteiger partial charge in [0.2, 0.25) is 5.91 Å². The topological polar surface area (TPSA) is 59.8 Å². The second-order valence-electron chi connectivity index (χ2n) is 5.57. The molecule has 1 amide bonds. The third-order valence-corrected chi connectivity index (χ3v) is 5.25. The molecule has 0 aliphatic carbocycles. The summed E-state index contributed by atoms with van der Waals surface area (Å²) in [5, 5.41) is 12.3. The summed E-state index contributed by atoms with van der Waals surface area (Å²) in [4.78, 5) is 12.5. The summed E-state index contributed by atoms with van der Waals surface area (Å²) in [6.07, 6.45) is 0. The number of amides is 1. The summed E-state index contributed by atoms with van der Waals surface area (Å²) < 4.78 is 1.92. The van der Waals surface area contributed by atoms with E-state index < -0.39 is 5.25 Å². The molecule has 0 aliphatic rings. The van der Waals surface area contributed by atoms with Crippen molar-refractivity contribution < 1.29 is 4.79 Å². The molecule has 0 fully saturated rings. The van der Waals surface area contributed by atoms with Crippen molar-refractivity contribution in [1.82, 2.24) is 14.8 Å². The fraction of sp³-hybridized carbons (Fsp3) is 0.167. The molecule has 1 heterocycles. The van der Waals surface area contributed by atoms with Crippen molar-refractivity contribution in [3.63, 3.8) is 0 Å². The van der Waals surface area contributed by atoms with E-state index in [0.717, 1.165) is 11.5 Å². The number of aryl methyl sites for hydroxylation is 1. The molecule has 5 nitrogen and oxygen atoms in total. The van der Waals surface area contributed by atoms with Crippen LogP contribution in [-0.2, 0) is 4.79 Å². The number of aromatic nitrogens is 3. The predicted octanol–water partition coefficient (Wildman–Crippen LogP) is 5.00. The van der Waals surface area contributed by atoms with Crippen LogP contribution in [0.4, 0.5) is 5.69 Å². The van der Waals surface area contributed by atoms with Crippen molar-refractivity contribution in [3.05, 3.63) is 64.4 Å². The lowest BCUT2D eigenvalue weighted by Crippen LogP contribution is -2.23. The van der Waals surface area contributed by atoms with Gasteiger partial charge in [0.1, 0.15) is 5.82 Å². The van der Waals surface area contributed by atoms with Crippen molar-refractivity contribution in [1.29, 1.82) is 0 Å². The highest BCUT2D eigenvalue weighted by atomic mass is 35.5. The molecule has 0 bridgehead atoms. The fourth-order valence-electron chi connectivity index (χ4n) is 2.33. The van der Waals surface area contributed by atoms with Gasteiger partial charge in [-0.05, 0) is 44.2 Å². The molecule has 3 aromatic rings. The quantitative estimate of drug-likeness (QED) is 0.605. The van der Waals surface area contributed by atoms with Crippen molar-refractivity contribution in [2.75, 3.05) is 5.32 Å². The molecule has 0 saturated carbocycles. The monoisotopic (exact) mass is 406 g/mol. The molecule has 0 radical (unpaired) electrons. The van der Waals surface area contributed by atoms with E-state index in [1.807, 2.05) is 41.8 Å². The van der Waals surface area contributed by atoms with E-state index >= 15 is 0 Å². The van der Waals surface area contributed by atoms with Crippen LogP contribution in [0.3, 0.4) is 0 Å². The number of thioether (sulfide) groups is 1. The normalized spacial score (nSPS) is 12.0. The smallest absolute Gasteiger partial charge is 0.237 e. The van der Waals surface area contributed by atoms with Crippen LogP contribution in [0.2, 0.25) is 10.0 Å². The molecule has 0 spiro atoms. The minimum atomic E-state index is -0.406. The number of benzene rings is 2. The number of nitrogens with one attached hydrogen (secondary N) is 1. The number of rotatable bonds is 5. The third-order valence-electron chi connectivity index (χ3n) is 3.65. The molecule has 1 N–H and O–H groups in total. The summed E-state index contributed by atoms with van der Waals surface area (Å²) in [5.74, 6) is 0.559. The first-order valence-electron chi connectivity index (χ1n) is 7.85. The predicted molar refractivity (Wildman–Crippen MR) is 107 cm³/mol. The van der Waals surface area contributed by atoms with E-state index in [1.165, 1.54) is 11.8 Å². The highest BCUT2D eigenvalue weighted by molar-refractivity contribution is 8.00. The molecular formula is C18H16Cl2N4OS. The van der Waals surface area contributed by atoms with Gasteiger partial charge in [-0.15, -0.1) is 10.2 Å². The van der Waals surface area contributed by atoms with Crippen LogP contribution in [0.5, 0.6) is 0 Å². The molecular weight excluding hydrogens is 391 g/mol. The van der Waals surface area contributed by atoms with E-state index in [9.17, 15) is 4.79 Å². The van der Waals surface area contributed by atoms with E-state index in [4.69, 9.17) is 23.2 Å². The van der Waals surface area contributed by atoms with Crippen LogP contribution in [-0.4, -0.2) is 25.9 Å². The zero-order valence-electron chi connectivity index (χ0n) is 14.1. The van der Waals surface area contributed by atoms with E-state index in [2.05, 4.69) is 15.5 Å². The van der Waals surface area contributed by atoms with E-state index in [1.54, 1.807) is 25.1 Å². The van der Waals surface area contributed by atoms with Gasteiger partial charge in [0.25, 0.3) is 0 Å². The van der Waals surface area contributed by atoms with Gasteiger partial charge in [-0.2, -0.15) is 0 Å². The Hall–Kier alpha value is -2.02. The molecule has 1 unspecified atom stereocenters. The Morgan fingerprint density at radius 3 is 2.62 bits per heavy atom. The van der Waals surface area contributed by atoms with Gasteiger partial charge in [-0.1, -0.05) is 53.2 Å². The van der Waals surface area contributed by atoms with Crippen LogP contribution >= 0.6 is 35.0 Å². The molecule has 1 atom stereocenters. The zero-order valence-corrected chi connectivity index (χ0v) is 16.4. The summed E-state index contributed by atoms with van der Waals surface area (Å²) in [6, 6.07) is 14.7. The number of halogens is 2. The Kier molecular flexibility index (Phi) is 5.86. The Bertz CT molecular complexity index is 930. The van der Waals surface area contributed by atoms with Crippen molar-refractivity contribution in [3.8, 4) is 5.69 Å². The zero-order chi connectivity index (χ0) is 18.7. The van der Waals surface area contributed by atoms with Crippen molar-refractivity contribution in [2.24, 2.45) is 0 Å². The highest BCUT2D eigenvalue weighted by Gasteiger charge is 2.20. The van der Waals surface area contributed by atoms with Crippen molar-refractivity contribution >= 4 is 46.6 Å². The Balaban J connectivity index is 1.77. The van der Waals surface area contributed by atoms with Gasteiger partial charge in [-0.3, -0.25) is 9.36 Å². The number of anilines is 1. The molecule has 26 heavy (non-hydrogen) atoms. The fourth-order valence-corrected chi connectivity index (χ4v) is 3.58. The Labute approximate surface area is 165 Å². The average Bonchev–Trinajstić information content (AvgIpc) is 2.99. The molecule has 0 aliphatic heterocycles. The van der Waals surface area contributed by atoms with Crippen molar-refractivity contribution in [2.45, 2.75) is 24.3 Å². The van der Waals surface area contributed by atoms with Crippen LogP contribution in [0.1, 0.15) is 12.7 Å². The second-order valence-corrected chi connectivity index (χ2v) is 7.73. The first-order valence-corrected chi connectivity index (χ1v) is 9.49. The van der Waals surface area contributed by atoms with Gasteiger partial charge in [0.15, 0.2) is 5.16 Å². The molecule has 0 saturated heterocycles. The molecule has 3 rings (SSSR count). The van der Waals surface area contributed by atoms with Gasteiger partial charge >= 0.3 is 0 Å². The van der Waals surface area contributed by atoms with Crippen LogP contribution in [0, 0.1) is 6.92 Å². The summed E-state index contributed by atoms with van der Waals surface area (Å²) >= 11 is 13.4. The molecule has 8 heteroatoms. The lowest BCUT2D eigenvalue weighted by atomic mass is 10.3. The maximum Gasteiger partial charge on any atom is 0.237 e. The highest BCUT2D eigenvalue weighted by Crippen LogP contribution is 2.29. The first kappa shape index (κ1) is 18.8. The second kappa shape index (κ2) is 8.12. The molecule has 134 valence electrons. The lowest BCUT2D eigenvalue weighted by molar-refractivity contribution is -0.115. The minimum absolute atomic E-state index is 0.195. The number of para-hydroxylation sites is 1. The molecule has 2 aromatic carbocycles. The number of hydrogen-bond donors (Lipinski definition) is 1. The average molecular weight is 407 g/mol. The lowest BCUT2D eigenvalue weighted by Gasteiger charge is -2.14. The summed E-state index contributed by atoms with van der Waals surface area (Å²) in [6.45, 7) is 3.68. The standard InChI is InChI=1S/C18H16Cl2N4OS/c1-11(17(25)21-16-10-13(19)8-9-15(16)20)26-18-23-22-12(2)24(18)14-6-4-3-5-7-14/h3-11H,1-2H3,(H,21,25). The van der Waals surface area contributed by atoms with Gasteiger partial charge in [0, 0.05) is 10.7 Å². The van der Waals surface area contributed by atoms with Crippen LogP contribution in [0.15, 0.2) is 53.7 Å². The van der Waals surface area contributed by atoms with E-state index in [0.29, 0.717) is 20.9 Å². The summed E-state index contributed by atoms with van der Waals surface area (Å²) in [7, 11) is 0. The Morgan fingerprint density at radius 2 is 1.88 bits per heavy atom. The third kappa shape index (κ3) is 4.20. The van der Waals surface area contributed by atoms with Gasteiger partial charge < -0.3 is 5.32 Å². The summed E-state index contributed by atoms with van der Waals surface area (Å²) in [5.41, 5.74) is 1.43. The Morgan fingerprint density at radius 1 is 1.15 bits per heavy atom. The maximum absolute atomic E-state index is 12.5. The maximum atomic E-state index is 12.5. The van der Waals surface area contributed by atoms with Crippen LogP contribution < -0.4 is 5.32 Å². The van der Waals surface area contributed by atoms with Crippen LogP contribution in [0.25, 0.3) is 5.69 Å². The molecule has 1 aromatic heterocycles. The number of hydrogen-bond acceptors (Lipinski definition) is 4. The number of nitrogens with zero attached hydrogens (tertiary/aromatic N) is 3. The number of carbonyl (C=O) groups is 1. The van der Waals surface area contributed by atoms with Gasteiger partial charge in [-0.25, -0.2) is 0 Å². The van der Waals surface area contributed by atoms with E-state index in [-0.39, 0.29) is 5.91 Å². The number of carbonyl (C=O) groups excluding carboxylic acids is 1. The SMILES string of the molecule is Cc1nnc(SC(C)C(=O)Nc2cc(Cl)ccc2Cl)n1-c1ccccc1. The van der Waals surface area contributed by atoms with Gasteiger partial charge in [0.05, 0.1) is 16.0 Å².